The fourth-order valence-electron chi connectivity index (χ4n) is 4.36. The number of carbonyl (C=O) groups is 1. The molecule has 1 aliphatic carbocycles. The fraction of sp³-hybridized carbons (Fsp3) is 0.400. The molecular formula is C25H31N9OS. The summed E-state index contributed by atoms with van der Waals surface area (Å²) in [6.45, 7) is 4.19. The number of benzene rings is 1. The van der Waals surface area contributed by atoms with Crippen LogP contribution in [0.3, 0.4) is 0 Å². The summed E-state index contributed by atoms with van der Waals surface area (Å²) in [4.78, 5) is 17.7. The molecule has 3 aromatic heterocycles. The minimum absolute atomic E-state index is 0.276. The highest BCUT2D eigenvalue weighted by Gasteiger charge is 2.21. The Morgan fingerprint density at radius 2 is 1.97 bits per heavy atom. The molecule has 0 saturated heterocycles. The molecule has 1 aromatic carbocycles. The van der Waals surface area contributed by atoms with Crippen molar-refractivity contribution < 1.29 is 4.79 Å². The van der Waals surface area contributed by atoms with Crippen molar-refractivity contribution in [1.29, 1.82) is 0 Å². The van der Waals surface area contributed by atoms with E-state index in [2.05, 4.69) is 45.0 Å². The maximum atomic E-state index is 13.3. The molecule has 5 rings (SSSR count). The second-order valence-electron chi connectivity index (χ2n) is 9.46. The normalized spacial score (nSPS) is 17.9. The third-order valence-corrected chi connectivity index (χ3v) is 7.67. The van der Waals surface area contributed by atoms with Gasteiger partial charge in [0.2, 0.25) is 0 Å². The van der Waals surface area contributed by atoms with Crippen molar-refractivity contribution in [3.05, 3.63) is 47.2 Å². The Balaban J connectivity index is 1.38. The minimum atomic E-state index is -0.296. The molecule has 0 bridgehead atoms. The molecule has 188 valence electrons. The Hall–Kier alpha value is -3.57. The van der Waals surface area contributed by atoms with Crippen LogP contribution >= 0.6 is 11.3 Å². The van der Waals surface area contributed by atoms with Crippen molar-refractivity contribution in [1.82, 2.24) is 24.8 Å². The van der Waals surface area contributed by atoms with Gasteiger partial charge in [0.1, 0.15) is 15.8 Å². The van der Waals surface area contributed by atoms with Gasteiger partial charge in [0.05, 0.1) is 11.9 Å². The van der Waals surface area contributed by atoms with E-state index in [1.165, 1.54) is 0 Å². The molecule has 0 radical (unpaired) electrons. The van der Waals surface area contributed by atoms with E-state index < -0.39 is 0 Å². The number of carbonyl (C=O) groups excluding carboxylic acids is 1. The van der Waals surface area contributed by atoms with E-state index in [1.807, 2.05) is 37.4 Å². The summed E-state index contributed by atoms with van der Waals surface area (Å²) in [5.41, 5.74) is 9.34. The van der Waals surface area contributed by atoms with Crippen LogP contribution in [0.2, 0.25) is 0 Å². The number of amides is 1. The molecule has 1 aliphatic rings. The highest BCUT2D eigenvalue weighted by atomic mass is 32.1. The standard InChI is InChI=1S/C25H31N9OS/c1-14(2)24-31-32-25(36-24)15-5-4-6-18(11-15)30-23(35)20-13-28-22-19(27-3)12-21(33-34(20)22)29-17-9-7-16(26)8-10-17/h4-6,11-14,16-17,27H,7-10,26H2,1-3H3,(H,29,33)(H,30,35)/t16-,17-. The molecule has 1 saturated carbocycles. The number of imidazole rings is 1. The molecule has 0 spiro atoms. The van der Waals surface area contributed by atoms with Crippen molar-refractivity contribution >= 4 is 40.1 Å². The summed E-state index contributed by atoms with van der Waals surface area (Å²) in [5.74, 6) is 0.716. The van der Waals surface area contributed by atoms with Gasteiger partial charge in [0.25, 0.3) is 5.91 Å². The van der Waals surface area contributed by atoms with Gasteiger partial charge in [0, 0.05) is 42.4 Å². The lowest BCUT2D eigenvalue weighted by atomic mass is 9.92. The van der Waals surface area contributed by atoms with E-state index in [0.29, 0.717) is 34.8 Å². The Morgan fingerprint density at radius 3 is 2.69 bits per heavy atom. The van der Waals surface area contributed by atoms with E-state index in [9.17, 15) is 4.79 Å². The van der Waals surface area contributed by atoms with Gasteiger partial charge >= 0.3 is 0 Å². The fourth-order valence-corrected chi connectivity index (χ4v) is 5.20. The average molecular weight is 506 g/mol. The maximum absolute atomic E-state index is 13.3. The molecule has 4 aromatic rings. The van der Waals surface area contributed by atoms with Crippen molar-refractivity contribution in [2.75, 3.05) is 23.0 Å². The first-order valence-corrected chi connectivity index (χ1v) is 13.1. The van der Waals surface area contributed by atoms with Crippen LogP contribution in [0.1, 0.15) is 60.9 Å². The smallest absolute Gasteiger partial charge is 0.276 e. The lowest BCUT2D eigenvalue weighted by Gasteiger charge is -2.27. The molecule has 11 heteroatoms. The van der Waals surface area contributed by atoms with Crippen LogP contribution in [0.4, 0.5) is 17.2 Å². The summed E-state index contributed by atoms with van der Waals surface area (Å²) in [6.07, 6.45) is 5.53. The van der Waals surface area contributed by atoms with Crippen LogP contribution in [-0.2, 0) is 0 Å². The lowest BCUT2D eigenvalue weighted by Crippen LogP contribution is -2.33. The number of nitrogens with one attached hydrogen (secondary N) is 3. The first-order chi connectivity index (χ1) is 17.4. The van der Waals surface area contributed by atoms with Crippen molar-refractivity contribution in [2.24, 2.45) is 5.73 Å². The Morgan fingerprint density at radius 1 is 1.17 bits per heavy atom. The highest BCUT2D eigenvalue weighted by molar-refractivity contribution is 7.14. The molecule has 5 N–H and O–H groups in total. The van der Waals surface area contributed by atoms with Crippen LogP contribution < -0.4 is 21.7 Å². The first-order valence-electron chi connectivity index (χ1n) is 12.2. The largest absolute Gasteiger partial charge is 0.385 e. The zero-order chi connectivity index (χ0) is 25.2. The van der Waals surface area contributed by atoms with Crippen LogP contribution in [-0.4, -0.2) is 49.8 Å². The van der Waals surface area contributed by atoms with Gasteiger partial charge < -0.3 is 21.7 Å². The van der Waals surface area contributed by atoms with Gasteiger partial charge in [-0.15, -0.1) is 15.3 Å². The molecule has 36 heavy (non-hydrogen) atoms. The van der Waals surface area contributed by atoms with Gasteiger partial charge in [-0.3, -0.25) is 4.79 Å². The van der Waals surface area contributed by atoms with E-state index in [0.717, 1.165) is 46.9 Å². The first kappa shape index (κ1) is 24.1. The summed E-state index contributed by atoms with van der Waals surface area (Å²) >= 11 is 1.56. The van der Waals surface area contributed by atoms with Gasteiger partial charge in [-0.2, -0.15) is 0 Å². The molecule has 0 atom stereocenters. The SMILES string of the molecule is CNc1cc(N[C@H]2CC[C@H](N)CC2)nn2c(C(=O)Nc3cccc(-c4nnc(C(C)C)s4)c3)cnc12. The highest BCUT2D eigenvalue weighted by Crippen LogP contribution is 2.29. The van der Waals surface area contributed by atoms with Gasteiger partial charge in [-0.1, -0.05) is 37.3 Å². The second-order valence-corrected chi connectivity index (χ2v) is 10.5. The van der Waals surface area contributed by atoms with Gasteiger partial charge in [-0.05, 0) is 37.8 Å². The monoisotopic (exact) mass is 505 g/mol. The number of anilines is 3. The number of nitrogens with two attached hydrogens (primary N) is 1. The van der Waals surface area contributed by atoms with Crippen LogP contribution in [0.15, 0.2) is 36.5 Å². The quantitative estimate of drug-likeness (QED) is 0.291. The molecule has 3 heterocycles. The van der Waals surface area contributed by atoms with Crippen molar-refractivity contribution in [2.45, 2.75) is 57.5 Å². The number of aromatic nitrogens is 5. The van der Waals surface area contributed by atoms with Crippen molar-refractivity contribution in [3.8, 4) is 10.6 Å². The number of hydrogen-bond donors (Lipinski definition) is 4. The summed E-state index contributed by atoms with van der Waals surface area (Å²) < 4.78 is 1.58. The molecule has 0 unspecified atom stereocenters. The molecule has 0 aliphatic heterocycles. The number of fused-ring (bicyclic) bond motifs is 1. The second kappa shape index (κ2) is 10.2. The maximum Gasteiger partial charge on any atom is 0.276 e. The molecule has 1 amide bonds. The third-order valence-electron chi connectivity index (χ3n) is 6.40. The predicted molar refractivity (Wildman–Crippen MR) is 144 cm³/mol. The summed E-state index contributed by atoms with van der Waals surface area (Å²) in [6, 6.07) is 10.1. The van der Waals surface area contributed by atoms with Crippen molar-refractivity contribution in [3.63, 3.8) is 0 Å². The molecular weight excluding hydrogens is 474 g/mol. The predicted octanol–water partition coefficient (Wildman–Crippen LogP) is 4.35. The van der Waals surface area contributed by atoms with E-state index in [1.54, 1.807) is 22.0 Å². The Kier molecular flexibility index (Phi) is 6.84. The van der Waals surface area contributed by atoms with Crippen LogP contribution in [0, 0.1) is 0 Å². The van der Waals surface area contributed by atoms with E-state index in [-0.39, 0.29) is 11.9 Å². The van der Waals surface area contributed by atoms with Crippen LogP contribution in [0.25, 0.3) is 16.2 Å². The molecule has 10 nitrogen and oxygen atoms in total. The third kappa shape index (κ3) is 5.02. The van der Waals surface area contributed by atoms with Gasteiger partial charge in [0.15, 0.2) is 11.3 Å². The summed E-state index contributed by atoms with van der Waals surface area (Å²) in [5, 5.41) is 24.7. The van der Waals surface area contributed by atoms with E-state index >= 15 is 0 Å². The topological polar surface area (TPSA) is 135 Å². The number of rotatable bonds is 7. The molecule has 1 fully saturated rings. The summed E-state index contributed by atoms with van der Waals surface area (Å²) in [7, 11) is 1.83. The Labute approximate surface area is 213 Å². The lowest BCUT2D eigenvalue weighted by molar-refractivity contribution is 0.102. The Bertz CT molecular complexity index is 1370. The zero-order valence-electron chi connectivity index (χ0n) is 20.7. The van der Waals surface area contributed by atoms with Crippen LogP contribution in [0.5, 0.6) is 0 Å². The zero-order valence-corrected chi connectivity index (χ0v) is 21.5. The number of hydrogen-bond acceptors (Lipinski definition) is 9. The van der Waals surface area contributed by atoms with E-state index in [4.69, 9.17) is 10.8 Å². The minimum Gasteiger partial charge on any atom is -0.385 e. The number of nitrogens with zero attached hydrogens (tertiary/aromatic N) is 5. The van der Waals surface area contributed by atoms with Gasteiger partial charge in [-0.25, -0.2) is 9.50 Å². The average Bonchev–Trinajstić information content (AvgIpc) is 3.53.